The molecule has 0 bridgehead atoms. The summed E-state index contributed by atoms with van der Waals surface area (Å²) in [5.41, 5.74) is 4.03. The van der Waals surface area contributed by atoms with Crippen LogP contribution in [0.5, 0.6) is 0 Å². The van der Waals surface area contributed by atoms with Crippen molar-refractivity contribution in [3.05, 3.63) is 83.9 Å². The molecule has 5 rings (SSSR count). The normalized spacial score (nSPS) is 13.5. The maximum absolute atomic E-state index is 12.7. The van der Waals surface area contributed by atoms with E-state index in [0.29, 0.717) is 22.6 Å². The molecule has 0 spiro atoms. The fraction of sp³-hybridized carbons (Fsp3) is 0. The van der Waals surface area contributed by atoms with Gasteiger partial charge in [0.2, 0.25) is 0 Å². The first-order valence-electron chi connectivity index (χ1n) is 8.25. The van der Waals surface area contributed by atoms with Crippen LogP contribution in [0.4, 0.5) is 5.69 Å². The zero-order chi connectivity index (χ0) is 17.7. The van der Waals surface area contributed by atoms with Crippen LogP contribution < -0.4 is 4.90 Å². The smallest absolute Gasteiger partial charge is 0.266 e. The quantitative estimate of drug-likeness (QED) is 0.561. The van der Waals surface area contributed by atoms with E-state index in [-0.39, 0.29) is 11.8 Å². The lowest BCUT2D eigenvalue weighted by atomic mass is 10.1. The Kier molecular flexibility index (Phi) is 3.03. The van der Waals surface area contributed by atoms with E-state index in [1.54, 1.807) is 36.4 Å². The molecule has 0 atom stereocenters. The van der Waals surface area contributed by atoms with Gasteiger partial charge in [-0.15, -0.1) is 0 Å². The molecular formula is C21H13N3O2. The van der Waals surface area contributed by atoms with Gasteiger partial charge in [0.15, 0.2) is 0 Å². The van der Waals surface area contributed by atoms with Gasteiger partial charge < -0.3 is 4.98 Å². The second-order valence-electron chi connectivity index (χ2n) is 6.14. The fourth-order valence-corrected chi connectivity index (χ4v) is 3.31. The second-order valence-corrected chi connectivity index (χ2v) is 6.14. The Morgan fingerprint density at radius 2 is 1.46 bits per heavy atom. The van der Waals surface area contributed by atoms with Crippen molar-refractivity contribution in [2.45, 2.75) is 0 Å². The number of carbonyl (C=O) groups excluding carboxylic acids is 2. The van der Waals surface area contributed by atoms with Crippen molar-refractivity contribution in [1.29, 1.82) is 0 Å². The summed E-state index contributed by atoms with van der Waals surface area (Å²) < 4.78 is 0. The van der Waals surface area contributed by atoms with E-state index >= 15 is 0 Å². The summed E-state index contributed by atoms with van der Waals surface area (Å²) in [6.07, 6.45) is 0. The summed E-state index contributed by atoms with van der Waals surface area (Å²) in [4.78, 5) is 34.4. The van der Waals surface area contributed by atoms with E-state index in [1.165, 1.54) is 4.90 Å². The van der Waals surface area contributed by atoms with Gasteiger partial charge in [-0.1, -0.05) is 36.4 Å². The summed E-state index contributed by atoms with van der Waals surface area (Å²) >= 11 is 0. The standard InChI is InChI=1S/C21H13N3O2/c25-20-15-8-1-2-9-16(15)21(26)24(20)14-7-5-6-13(12-14)19-22-17-10-3-4-11-18(17)23-19/h1-12H,(H,22,23). The van der Waals surface area contributed by atoms with Crippen molar-refractivity contribution < 1.29 is 9.59 Å². The molecule has 1 aromatic heterocycles. The van der Waals surface area contributed by atoms with Crippen LogP contribution in [-0.4, -0.2) is 21.8 Å². The number of benzene rings is 3. The molecule has 0 saturated carbocycles. The minimum Gasteiger partial charge on any atom is -0.338 e. The van der Waals surface area contributed by atoms with Gasteiger partial charge in [-0.3, -0.25) is 9.59 Å². The molecule has 4 aromatic rings. The van der Waals surface area contributed by atoms with Crippen LogP contribution in [0, 0.1) is 0 Å². The third-order valence-electron chi connectivity index (χ3n) is 4.56. The molecule has 0 aliphatic carbocycles. The van der Waals surface area contributed by atoms with Gasteiger partial charge in [0, 0.05) is 5.56 Å². The van der Waals surface area contributed by atoms with Crippen LogP contribution in [0.2, 0.25) is 0 Å². The highest BCUT2D eigenvalue weighted by molar-refractivity contribution is 6.34. The number of aromatic amines is 1. The van der Waals surface area contributed by atoms with Crippen LogP contribution in [0.1, 0.15) is 20.7 Å². The van der Waals surface area contributed by atoms with Crippen molar-refractivity contribution in [2.24, 2.45) is 0 Å². The van der Waals surface area contributed by atoms with Gasteiger partial charge in [-0.25, -0.2) is 9.88 Å². The summed E-state index contributed by atoms with van der Waals surface area (Å²) in [5.74, 6) is 0.101. The SMILES string of the molecule is O=C1c2ccccc2C(=O)N1c1cccc(-c2nc3ccccc3[nH]2)c1. The van der Waals surface area contributed by atoms with Crippen LogP contribution in [-0.2, 0) is 0 Å². The molecule has 2 amide bonds. The topological polar surface area (TPSA) is 66.1 Å². The largest absolute Gasteiger partial charge is 0.338 e. The highest BCUT2D eigenvalue weighted by atomic mass is 16.2. The molecule has 0 saturated heterocycles. The molecule has 1 aliphatic heterocycles. The minimum atomic E-state index is -0.299. The molecule has 26 heavy (non-hydrogen) atoms. The predicted octanol–water partition coefficient (Wildman–Crippen LogP) is 4.03. The van der Waals surface area contributed by atoms with E-state index in [9.17, 15) is 9.59 Å². The third kappa shape index (κ3) is 2.07. The number of imidazole rings is 1. The predicted molar refractivity (Wildman–Crippen MR) is 99.1 cm³/mol. The first-order chi connectivity index (χ1) is 12.7. The first-order valence-corrected chi connectivity index (χ1v) is 8.25. The van der Waals surface area contributed by atoms with Crippen molar-refractivity contribution >= 4 is 28.5 Å². The van der Waals surface area contributed by atoms with Crippen LogP contribution in [0.15, 0.2) is 72.8 Å². The Hall–Kier alpha value is -3.73. The number of H-pyrrole nitrogens is 1. The monoisotopic (exact) mass is 339 g/mol. The average molecular weight is 339 g/mol. The summed E-state index contributed by atoms with van der Waals surface area (Å²) in [7, 11) is 0. The number of nitrogens with zero attached hydrogens (tertiary/aromatic N) is 2. The van der Waals surface area contributed by atoms with Gasteiger partial charge in [-0.2, -0.15) is 0 Å². The second kappa shape index (κ2) is 5.39. The fourth-order valence-electron chi connectivity index (χ4n) is 3.31. The lowest BCUT2D eigenvalue weighted by Gasteiger charge is -2.14. The molecule has 1 aliphatic rings. The van der Waals surface area contributed by atoms with Crippen molar-refractivity contribution in [3.63, 3.8) is 0 Å². The van der Waals surface area contributed by atoms with E-state index in [2.05, 4.69) is 9.97 Å². The maximum Gasteiger partial charge on any atom is 0.266 e. The number of aromatic nitrogens is 2. The van der Waals surface area contributed by atoms with Gasteiger partial charge in [0.25, 0.3) is 11.8 Å². The number of nitrogens with one attached hydrogen (secondary N) is 1. The molecule has 5 heteroatoms. The summed E-state index contributed by atoms with van der Waals surface area (Å²) in [5, 5.41) is 0. The first kappa shape index (κ1) is 14.6. The molecular weight excluding hydrogens is 326 g/mol. The highest BCUT2D eigenvalue weighted by Crippen LogP contribution is 2.31. The van der Waals surface area contributed by atoms with Crippen molar-refractivity contribution in [2.75, 3.05) is 4.90 Å². The minimum absolute atomic E-state index is 0.299. The number of carbonyl (C=O) groups is 2. The number of para-hydroxylation sites is 2. The van der Waals surface area contributed by atoms with E-state index < -0.39 is 0 Å². The lowest BCUT2D eigenvalue weighted by molar-refractivity contribution is 0.0926. The molecule has 0 radical (unpaired) electrons. The van der Waals surface area contributed by atoms with Crippen LogP contribution in [0.25, 0.3) is 22.4 Å². The maximum atomic E-state index is 12.7. The Bertz CT molecular complexity index is 1120. The van der Waals surface area contributed by atoms with Gasteiger partial charge in [0.05, 0.1) is 27.8 Å². The van der Waals surface area contributed by atoms with Gasteiger partial charge >= 0.3 is 0 Å². The van der Waals surface area contributed by atoms with E-state index in [4.69, 9.17) is 0 Å². The number of amides is 2. The summed E-state index contributed by atoms with van der Waals surface area (Å²) in [6, 6.07) is 21.9. The molecule has 0 fully saturated rings. The Balaban J connectivity index is 1.59. The Morgan fingerprint density at radius 1 is 0.769 bits per heavy atom. The third-order valence-corrected chi connectivity index (χ3v) is 4.56. The number of hydrogen-bond acceptors (Lipinski definition) is 3. The Labute approximate surface area is 148 Å². The lowest BCUT2D eigenvalue weighted by Crippen LogP contribution is -2.29. The van der Waals surface area contributed by atoms with Crippen molar-refractivity contribution in [1.82, 2.24) is 9.97 Å². The molecule has 5 nitrogen and oxygen atoms in total. The zero-order valence-electron chi connectivity index (χ0n) is 13.6. The number of rotatable bonds is 2. The van der Waals surface area contributed by atoms with Crippen molar-refractivity contribution in [3.8, 4) is 11.4 Å². The zero-order valence-corrected chi connectivity index (χ0v) is 13.6. The molecule has 2 heterocycles. The number of anilines is 1. The van der Waals surface area contributed by atoms with E-state index in [1.807, 2.05) is 36.4 Å². The number of imide groups is 1. The van der Waals surface area contributed by atoms with Gasteiger partial charge in [-0.05, 0) is 36.4 Å². The van der Waals surface area contributed by atoms with Crippen LogP contribution in [0.3, 0.4) is 0 Å². The molecule has 0 unspecified atom stereocenters. The molecule has 1 N–H and O–H groups in total. The number of hydrogen-bond donors (Lipinski definition) is 1. The average Bonchev–Trinajstić information content (AvgIpc) is 3.22. The molecule has 3 aromatic carbocycles. The Morgan fingerprint density at radius 3 is 2.19 bits per heavy atom. The summed E-state index contributed by atoms with van der Waals surface area (Å²) in [6.45, 7) is 0. The van der Waals surface area contributed by atoms with E-state index in [0.717, 1.165) is 16.6 Å². The van der Waals surface area contributed by atoms with Crippen LogP contribution >= 0.6 is 0 Å². The molecule has 124 valence electrons. The number of fused-ring (bicyclic) bond motifs is 2. The van der Waals surface area contributed by atoms with Gasteiger partial charge in [0.1, 0.15) is 5.82 Å². The highest BCUT2D eigenvalue weighted by Gasteiger charge is 2.36.